The number of rotatable bonds is 9. The van der Waals surface area contributed by atoms with E-state index in [4.69, 9.17) is 0 Å². The van der Waals surface area contributed by atoms with Crippen LogP contribution in [0.5, 0.6) is 0 Å². The van der Waals surface area contributed by atoms with E-state index in [0.717, 1.165) is 6.54 Å². The maximum Gasteiger partial charge on any atom is 0.242 e. The van der Waals surface area contributed by atoms with E-state index in [1.54, 1.807) is 19.3 Å². The topological polar surface area (TPSA) is 98.7 Å². The minimum Gasteiger partial charge on any atom is -0.355 e. The minimum absolute atomic E-state index is 0. The van der Waals surface area contributed by atoms with E-state index in [9.17, 15) is 8.42 Å². The number of sulfonamides is 1. The van der Waals surface area contributed by atoms with Gasteiger partial charge >= 0.3 is 0 Å². The SMILES string of the molecule is CN=C(NCCNS(=O)(=O)c1cccnc1)NCc1ccc(CN2CCCCC2)cc1.I. The molecule has 1 saturated heterocycles. The molecule has 1 aliphatic heterocycles. The summed E-state index contributed by atoms with van der Waals surface area (Å²) in [4.78, 5) is 10.7. The monoisotopic (exact) mass is 572 g/mol. The Kier molecular flexibility index (Phi) is 11.4. The van der Waals surface area contributed by atoms with Crippen molar-refractivity contribution >= 4 is 40.0 Å². The van der Waals surface area contributed by atoms with E-state index in [1.165, 1.54) is 55.7 Å². The highest BCUT2D eigenvalue weighted by Gasteiger charge is 2.13. The number of hydrogen-bond acceptors (Lipinski definition) is 5. The molecule has 32 heavy (non-hydrogen) atoms. The lowest BCUT2D eigenvalue weighted by atomic mass is 10.1. The number of nitrogens with zero attached hydrogens (tertiary/aromatic N) is 3. The number of pyridine rings is 1. The van der Waals surface area contributed by atoms with Gasteiger partial charge in [0.15, 0.2) is 5.96 Å². The number of halogens is 1. The first kappa shape index (κ1) is 26.5. The minimum atomic E-state index is -3.55. The summed E-state index contributed by atoms with van der Waals surface area (Å²) >= 11 is 0. The van der Waals surface area contributed by atoms with Crippen molar-refractivity contribution in [3.05, 3.63) is 59.9 Å². The molecule has 1 aromatic carbocycles. The molecule has 10 heteroatoms. The van der Waals surface area contributed by atoms with Crippen LogP contribution >= 0.6 is 24.0 Å². The maximum atomic E-state index is 12.2. The van der Waals surface area contributed by atoms with E-state index >= 15 is 0 Å². The molecule has 0 bridgehead atoms. The van der Waals surface area contributed by atoms with Crippen LogP contribution in [0.3, 0.4) is 0 Å². The average molecular weight is 573 g/mol. The number of hydrogen-bond donors (Lipinski definition) is 3. The van der Waals surface area contributed by atoms with Crippen molar-refractivity contribution in [1.29, 1.82) is 0 Å². The van der Waals surface area contributed by atoms with Crippen LogP contribution in [0.4, 0.5) is 0 Å². The fraction of sp³-hybridized carbons (Fsp3) is 0.455. The molecule has 1 aromatic heterocycles. The van der Waals surface area contributed by atoms with Gasteiger partial charge in [0, 0.05) is 45.6 Å². The largest absolute Gasteiger partial charge is 0.355 e. The maximum absolute atomic E-state index is 12.2. The molecule has 176 valence electrons. The van der Waals surface area contributed by atoms with Gasteiger partial charge in [0.25, 0.3) is 0 Å². The lowest BCUT2D eigenvalue weighted by molar-refractivity contribution is 0.221. The number of aromatic nitrogens is 1. The van der Waals surface area contributed by atoms with Gasteiger partial charge in [-0.05, 0) is 49.2 Å². The highest BCUT2D eigenvalue weighted by Crippen LogP contribution is 2.13. The molecule has 2 aromatic rings. The van der Waals surface area contributed by atoms with Crippen LogP contribution in [0.15, 0.2) is 58.7 Å². The Morgan fingerprint density at radius 2 is 1.75 bits per heavy atom. The lowest BCUT2D eigenvalue weighted by Gasteiger charge is -2.26. The van der Waals surface area contributed by atoms with Crippen LogP contribution in [-0.2, 0) is 23.1 Å². The molecule has 0 amide bonds. The molecule has 0 aliphatic carbocycles. The van der Waals surface area contributed by atoms with Crippen LogP contribution in [0.25, 0.3) is 0 Å². The standard InChI is InChI=1S/C22H32N6O2S.HI/c1-23-22(25-12-13-27-31(29,30)21-6-5-11-24-17-21)26-16-19-7-9-20(10-8-19)18-28-14-3-2-4-15-28;/h5-11,17,27H,2-4,12-16,18H2,1H3,(H2,23,25,26);1H. The summed E-state index contributed by atoms with van der Waals surface area (Å²) in [6.07, 6.45) is 6.83. The van der Waals surface area contributed by atoms with Crippen molar-refractivity contribution in [2.24, 2.45) is 4.99 Å². The number of piperidine rings is 1. The molecule has 1 fully saturated rings. The lowest BCUT2D eigenvalue weighted by Crippen LogP contribution is -2.41. The van der Waals surface area contributed by atoms with Crippen molar-refractivity contribution in [1.82, 2.24) is 25.2 Å². The Bertz CT molecular complexity index is 933. The highest BCUT2D eigenvalue weighted by molar-refractivity contribution is 14.0. The summed E-state index contributed by atoms with van der Waals surface area (Å²) in [7, 11) is -1.86. The number of guanidine groups is 1. The molecule has 0 atom stereocenters. The van der Waals surface area contributed by atoms with Crippen molar-refractivity contribution in [2.45, 2.75) is 37.2 Å². The van der Waals surface area contributed by atoms with Crippen molar-refractivity contribution in [3.8, 4) is 0 Å². The summed E-state index contributed by atoms with van der Waals surface area (Å²) in [5, 5.41) is 6.38. The van der Waals surface area contributed by atoms with Gasteiger partial charge < -0.3 is 10.6 Å². The number of benzene rings is 1. The van der Waals surface area contributed by atoms with E-state index in [2.05, 4.69) is 54.5 Å². The third-order valence-corrected chi connectivity index (χ3v) is 6.66. The summed E-state index contributed by atoms with van der Waals surface area (Å²) in [5.74, 6) is 0.623. The van der Waals surface area contributed by atoms with E-state index in [-0.39, 0.29) is 35.4 Å². The zero-order chi connectivity index (χ0) is 21.9. The highest BCUT2D eigenvalue weighted by atomic mass is 127. The molecular formula is C22H33IN6O2S. The first-order chi connectivity index (χ1) is 15.1. The van der Waals surface area contributed by atoms with Crippen LogP contribution in [0.2, 0.25) is 0 Å². The fourth-order valence-corrected chi connectivity index (χ4v) is 4.50. The summed E-state index contributed by atoms with van der Waals surface area (Å²) < 4.78 is 26.9. The number of nitrogens with one attached hydrogen (secondary N) is 3. The molecule has 3 N–H and O–H groups in total. The molecular weight excluding hydrogens is 539 g/mol. The van der Waals surface area contributed by atoms with E-state index in [0.29, 0.717) is 19.0 Å². The van der Waals surface area contributed by atoms with Gasteiger partial charge in [-0.2, -0.15) is 0 Å². The predicted molar refractivity (Wildman–Crippen MR) is 139 cm³/mol. The second-order valence-electron chi connectivity index (χ2n) is 7.59. The van der Waals surface area contributed by atoms with Crippen molar-refractivity contribution in [2.75, 3.05) is 33.2 Å². The zero-order valence-electron chi connectivity index (χ0n) is 18.5. The van der Waals surface area contributed by atoms with Crippen molar-refractivity contribution < 1.29 is 8.42 Å². The average Bonchev–Trinajstić information content (AvgIpc) is 2.81. The molecule has 0 saturated carbocycles. The van der Waals surface area contributed by atoms with Crippen LogP contribution in [0, 0.1) is 0 Å². The zero-order valence-corrected chi connectivity index (χ0v) is 21.6. The Morgan fingerprint density at radius 3 is 2.41 bits per heavy atom. The van der Waals surface area contributed by atoms with E-state index < -0.39 is 10.0 Å². The van der Waals surface area contributed by atoms with Gasteiger partial charge in [-0.3, -0.25) is 14.9 Å². The third kappa shape index (κ3) is 8.64. The van der Waals surface area contributed by atoms with Gasteiger partial charge in [-0.1, -0.05) is 30.7 Å². The molecule has 8 nitrogen and oxygen atoms in total. The number of likely N-dealkylation sites (tertiary alicyclic amines) is 1. The van der Waals surface area contributed by atoms with Gasteiger partial charge in [-0.15, -0.1) is 24.0 Å². The van der Waals surface area contributed by atoms with Gasteiger partial charge in [-0.25, -0.2) is 13.1 Å². The first-order valence-corrected chi connectivity index (χ1v) is 12.2. The molecule has 2 heterocycles. The van der Waals surface area contributed by atoms with Crippen LogP contribution < -0.4 is 15.4 Å². The van der Waals surface area contributed by atoms with Crippen molar-refractivity contribution in [3.63, 3.8) is 0 Å². The molecule has 0 radical (unpaired) electrons. The van der Waals surface area contributed by atoms with Crippen LogP contribution in [0.1, 0.15) is 30.4 Å². The Hall–Kier alpha value is -1.76. The molecule has 1 aliphatic rings. The fourth-order valence-electron chi connectivity index (χ4n) is 3.50. The first-order valence-electron chi connectivity index (χ1n) is 10.7. The number of aliphatic imine (C=N–C) groups is 1. The predicted octanol–water partition coefficient (Wildman–Crippen LogP) is 2.33. The Balaban J connectivity index is 0.00000363. The normalized spacial score (nSPS) is 15.1. The summed E-state index contributed by atoms with van der Waals surface area (Å²) in [6.45, 7) is 4.71. The quantitative estimate of drug-likeness (QED) is 0.185. The van der Waals surface area contributed by atoms with E-state index in [1.807, 2.05) is 0 Å². The molecule has 0 unspecified atom stereocenters. The smallest absolute Gasteiger partial charge is 0.242 e. The summed E-state index contributed by atoms with van der Waals surface area (Å²) in [5.41, 5.74) is 2.51. The van der Waals surface area contributed by atoms with Gasteiger partial charge in [0.2, 0.25) is 10.0 Å². The Morgan fingerprint density at radius 1 is 1.03 bits per heavy atom. The Labute approximate surface area is 208 Å². The third-order valence-electron chi connectivity index (χ3n) is 5.22. The summed E-state index contributed by atoms with van der Waals surface area (Å²) in [6, 6.07) is 11.8. The van der Waals surface area contributed by atoms with Gasteiger partial charge in [0.1, 0.15) is 4.90 Å². The van der Waals surface area contributed by atoms with Crippen LogP contribution in [-0.4, -0.2) is 57.5 Å². The second kappa shape index (κ2) is 13.7. The van der Waals surface area contributed by atoms with Gasteiger partial charge in [0.05, 0.1) is 0 Å². The molecule has 3 rings (SSSR count). The second-order valence-corrected chi connectivity index (χ2v) is 9.36. The molecule has 0 spiro atoms.